The monoisotopic (exact) mass is 261 g/mol. The van der Waals surface area contributed by atoms with Crippen LogP contribution in [0.2, 0.25) is 0 Å². The molecule has 2 heteroatoms. The van der Waals surface area contributed by atoms with Crippen molar-refractivity contribution in [1.82, 2.24) is 5.32 Å². The van der Waals surface area contributed by atoms with Crippen molar-refractivity contribution in [3.05, 3.63) is 0 Å². The SMILES string of the molecule is CC(C)(C)CC(C)(C)NCC1CCCCC1.Cl. The van der Waals surface area contributed by atoms with Gasteiger partial charge in [-0.25, -0.2) is 0 Å². The van der Waals surface area contributed by atoms with Crippen molar-refractivity contribution in [3.63, 3.8) is 0 Å². The van der Waals surface area contributed by atoms with E-state index in [0.29, 0.717) is 5.41 Å². The predicted octanol–water partition coefficient (Wildman–Crippen LogP) is 4.79. The van der Waals surface area contributed by atoms with Crippen molar-refractivity contribution in [3.8, 4) is 0 Å². The molecule has 0 heterocycles. The molecule has 1 aliphatic rings. The van der Waals surface area contributed by atoms with E-state index in [1.807, 2.05) is 0 Å². The van der Waals surface area contributed by atoms with Gasteiger partial charge < -0.3 is 5.32 Å². The Bertz CT molecular complexity index is 199. The number of rotatable bonds is 4. The Morgan fingerprint density at radius 1 is 0.941 bits per heavy atom. The van der Waals surface area contributed by atoms with Crippen LogP contribution in [0.1, 0.15) is 73.1 Å². The van der Waals surface area contributed by atoms with E-state index in [1.165, 1.54) is 45.1 Å². The van der Waals surface area contributed by atoms with E-state index in [9.17, 15) is 0 Å². The molecule has 104 valence electrons. The Morgan fingerprint density at radius 2 is 1.47 bits per heavy atom. The van der Waals surface area contributed by atoms with Crippen LogP contribution in [0.25, 0.3) is 0 Å². The number of hydrogen-bond acceptors (Lipinski definition) is 1. The fourth-order valence-electron chi connectivity index (χ4n) is 3.20. The van der Waals surface area contributed by atoms with Gasteiger partial charge >= 0.3 is 0 Å². The Balaban J connectivity index is 0.00000256. The molecule has 1 saturated carbocycles. The van der Waals surface area contributed by atoms with Crippen LogP contribution in [0.15, 0.2) is 0 Å². The second kappa shape index (κ2) is 6.99. The third kappa shape index (κ3) is 8.05. The van der Waals surface area contributed by atoms with Gasteiger partial charge in [0.2, 0.25) is 0 Å². The van der Waals surface area contributed by atoms with E-state index in [2.05, 4.69) is 39.9 Å². The van der Waals surface area contributed by atoms with Crippen LogP contribution in [0.5, 0.6) is 0 Å². The van der Waals surface area contributed by atoms with Gasteiger partial charge in [-0.05, 0) is 51.0 Å². The zero-order chi connectivity index (χ0) is 12.2. The summed E-state index contributed by atoms with van der Waals surface area (Å²) in [5.41, 5.74) is 0.707. The maximum atomic E-state index is 3.79. The van der Waals surface area contributed by atoms with Gasteiger partial charge in [-0.3, -0.25) is 0 Å². The van der Waals surface area contributed by atoms with Gasteiger partial charge in [-0.2, -0.15) is 0 Å². The lowest BCUT2D eigenvalue weighted by Gasteiger charge is -2.35. The molecular weight excluding hydrogens is 230 g/mol. The number of halogens is 1. The van der Waals surface area contributed by atoms with Crippen LogP contribution in [-0.4, -0.2) is 12.1 Å². The molecule has 1 N–H and O–H groups in total. The molecule has 0 aromatic heterocycles. The van der Waals surface area contributed by atoms with Crippen LogP contribution in [0, 0.1) is 11.3 Å². The highest BCUT2D eigenvalue weighted by atomic mass is 35.5. The van der Waals surface area contributed by atoms with Crippen LogP contribution in [-0.2, 0) is 0 Å². The Hall–Kier alpha value is 0.250. The highest BCUT2D eigenvalue weighted by molar-refractivity contribution is 5.85. The fraction of sp³-hybridized carbons (Fsp3) is 1.00. The van der Waals surface area contributed by atoms with Crippen LogP contribution in [0.3, 0.4) is 0 Å². The molecule has 17 heavy (non-hydrogen) atoms. The van der Waals surface area contributed by atoms with Crippen LogP contribution < -0.4 is 5.32 Å². The summed E-state index contributed by atoms with van der Waals surface area (Å²) in [4.78, 5) is 0. The summed E-state index contributed by atoms with van der Waals surface area (Å²) in [5, 5.41) is 3.79. The van der Waals surface area contributed by atoms with E-state index >= 15 is 0 Å². The van der Waals surface area contributed by atoms with Gasteiger partial charge in [-0.1, -0.05) is 40.0 Å². The molecule has 0 bridgehead atoms. The van der Waals surface area contributed by atoms with E-state index in [1.54, 1.807) is 0 Å². The maximum absolute atomic E-state index is 3.79. The van der Waals surface area contributed by atoms with Crippen LogP contribution >= 0.6 is 12.4 Å². The van der Waals surface area contributed by atoms with Crippen molar-refractivity contribution in [2.24, 2.45) is 11.3 Å². The van der Waals surface area contributed by atoms with E-state index < -0.39 is 0 Å². The highest BCUT2D eigenvalue weighted by Crippen LogP contribution is 2.28. The van der Waals surface area contributed by atoms with Crippen molar-refractivity contribution < 1.29 is 0 Å². The average Bonchev–Trinajstić information content (AvgIpc) is 2.13. The zero-order valence-corrected chi connectivity index (χ0v) is 13.3. The highest BCUT2D eigenvalue weighted by Gasteiger charge is 2.26. The van der Waals surface area contributed by atoms with Gasteiger partial charge in [0.15, 0.2) is 0 Å². The minimum Gasteiger partial charge on any atom is -0.311 e. The topological polar surface area (TPSA) is 12.0 Å². The second-order valence-electron chi connectivity index (χ2n) is 7.51. The quantitative estimate of drug-likeness (QED) is 0.767. The summed E-state index contributed by atoms with van der Waals surface area (Å²) in [5.74, 6) is 0.938. The van der Waals surface area contributed by atoms with Gasteiger partial charge in [0.05, 0.1) is 0 Å². The largest absolute Gasteiger partial charge is 0.311 e. The standard InChI is InChI=1S/C15H31N.ClH/c1-14(2,3)12-15(4,5)16-11-13-9-7-6-8-10-13;/h13,16H,6-12H2,1-5H3;1H. The third-order valence-electron chi connectivity index (χ3n) is 3.57. The van der Waals surface area contributed by atoms with Crippen molar-refractivity contribution in [2.75, 3.05) is 6.54 Å². The summed E-state index contributed by atoms with van der Waals surface area (Å²) in [6.07, 6.45) is 8.49. The van der Waals surface area contributed by atoms with E-state index in [0.717, 1.165) is 5.92 Å². The lowest BCUT2D eigenvalue weighted by atomic mass is 9.81. The molecule has 1 nitrogen and oxygen atoms in total. The molecule has 0 saturated heterocycles. The molecule has 0 aliphatic heterocycles. The van der Waals surface area contributed by atoms with Crippen molar-refractivity contribution in [1.29, 1.82) is 0 Å². The average molecular weight is 262 g/mol. The summed E-state index contributed by atoms with van der Waals surface area (Å²) >= 11 is 0. The van der Waals surface area contributed by atoms with Gasteiger partial charge in [0, 0.05) is 5.54 Å². The minimum atomic E-state index is 0. The molecule has 1 fully saturated rings. The Kier molecular flexibility index (Phi) is 7.09. The first-order valence-electron chi connectivity index (χ1n) is 7.04. The molecule has 0 atom stereocenters. The Labute approximate surface area is 115 Å². The molecule has 1 rings (SSSR count). The molecule has 0 spiro atoms. The van der Waals surface area contributed by atoms with Gasteiger partial charge in [-0.15, -0.1) is 12.4 Å². The first-order chi connectivity index (χ1) is 7.29. The van der Waals surface area contributed by atoms with Crippen molar-refractivity contribution >= 4 is 12.4 Å². The first-order valence-corrected chi connectivity index (χ1v) is 7.04. The number of hydrogen-bond donors (Lipinski definition) is 1. The summed E-state index contributed by atoms with van der Waals surface area (Å²) in [6.45, 7) is 12.9. The molecule has 0 unspecified atom stereocenters. The smallest absolute Gasteiger partial charge is 0.0130 e. The Morgan fingerprint density at radius 3 is 1.94 bits per heavy atom. The van der Waals surface area contributed by atoms with Crippen molar-refractivity contribution in [2.45, 2.75) is 78.7 Å². The summed E-state index contributed by atoms with van der Waals surface area (Å²) in [6, 6.07) is 0. The number of nitrogens with one attached hydrogen (secondary N) is 1. The third-order valence-corrected chi connectivity index (χ3v) is 3.57. The second-order valence-corrected chi connectivity index (χ2v) is 7.51. The van der Waals surface area contributed by atoms with E-state index in [-0.39, 0.29) is 17.9 Å². The van der Waals surface area contributed by atoms with Gasteiger partial charge in [0.25, 0.3) is 0 Å². The van der Waals surface area contributed by atoms with Crippen LogP contribution in [0.4, 0.5) is 0 Å². The predicted molar refractivity (Wildman–Crippen MR) is 80.0 cm³/mol. The lowest BCUT2D eigenvalue weighted by Crippen LogP contribution is -2.44. The molecule has 0 amide bonds. The molecule has 1 aliphatic carbocycles. The van der Waals surface area contributed by atoms with Gasteiger partial charge in [0.1, 0.15) is 0 Å². The molecule has 0 aromatic rings. The maximum Gasteiger partial charge on any atom is 0.0130 e. The molecule has 0 radical (unpaired) electrons. The first kappa shape index (κ1) is 17.2. The van der Waals surface area contributed by atoms with E-state index in [4.69, 9.17) is 0 Å². The molecular formula is C15H32ClN. The molecule has 0 aromatic carbocycles. The fourth-order valence-corrected chi connectivity index (χ4v) is 3.20. The lowest BCUT2D eigenvalue weighted by molar-refractivity contribution is 0.221. The minimum absolute atomic E-state index is 0. The normalized spacial score (nSPS) is 18.9. The summed E-state index contributed by atoms with van der Waals surface area (Å²) < 4.78 is 0. The zero-order valence-electron chi connectivity index (χ0n) is 12.4. The summed E-state index contributed by atoms with van der Waals surface area (Å²) in [7, 11) is 0.